The van der Waals surface area contributed by atoms with Gasteiger partial charge in [-0.3, -0.25) is 9.89 Å². The first kappa shape index (κ1) is 7.78. The zero-order valence-corrected chi connectivity index (χ0v) is 6.74. The third-order valence-corrected chi connectivity index (χ3v) is 1.72. The summed E-state index contributed by atoms with van der Waals surface area (Å²) in [5.74, 6) is -0.149. The van der Waals surface area contributed by atoms with Crippen LogP contribution in [0.15, 0.2) is 6.20 Å². The van der Waals surface area contributed by atoms with Gasteiger partial charge in [0.1, 0.15) is 11.3 Å². The van der Waals surface area contributed by atoms with Gasteiger partial charge in [-0.15, -0.1) is 0 Å². The molecule has 0 bridgehead atoms. The lowest BCUT2D eigenvalue weighted by molar-refractivity contribution is -0.137. The van der Waals surface area contributed by atoms with Gasteiger partial charge in [-0.05, 0) is 0 Å². The van der Waals surface area contributed by atoms with Crippen LogP contribution in [0, 0.1) is 0 Å². The highest BCUT2D eigenvalue weighted by atomic mass is 16.4. The van der Waals surface area contributed by atoms with Gasteiger partial charge >= 0.3 is 5.97 Å². The van der Waals surface area contributed by atoms with E-state index in [9.17, 15) is 4.79 Å². The van der Waals surface area contributed by atoms with E-state index in [0.29, 0.717) is 17.9 Å². The number of aliphatic carboxylic acids is 1. The first-order valence-corrected chi connectivity index (χ1v) is 3.85. The number of rotatable bonds is 3. The molecule has 13 heavy (non-hydrogen) atoms. The summed E-state index contributed by atoms with van der Waals surface area (Å²) in [7, 11) is 0. The molecule has 3 N–H and O–H groups in total. The van der Waals surface area contributed by atoms with Crippen molar-refractivity contribution in [2.75, 3.05) is 0 Å². The first-order valence-electron chi connectivity index (χ1n) is 3.85. The molecule has 0 aromatic carbocycles. The van der Waals surface area contributed by atoms with Gasteiger partial charge in [-0.1, -0.05) is 0 Å². The molecule has 0 saturated heterocycles. The largest absolute Gasteiger partial charge is 0.481 e. The number of fused-ring (bicyclic) bond motifs is 1. The summed E-state index contributed by atoms with van der Waals surface area (Å²) in [5.41, 5.74) is 1.47. The monoisotopic (exact) mass is 180 g/mol. The van der Waals surface area contributed by atoms with E-state index in [2.05, 4.69) is 20.2 Å². The summed E-state index contributed by atoms with van der Waals surface area (Å²) < 4.78 is 0. The molecule has 2 aromatic heterocycles. The molecule has 2 aromatic rings. The molecule has 2 heterocycles. The number of carboxylic acid groups (broad SMARTS) is 1. The zero-order chi connectivity index (χ0) is 9.26. The third kappa shape index (κ3) is 1.51. The maximum atomic E-state index is 10.3. The van der Waals surface area contributed by atoms with E-state index in [1.54, 1.807) is 6.20 Å². The quantitative estimate of drug-likeness (QED) is 0.633. The number of H-pyrrole nitrogens is 2. The van der Waals surface area contributed by atoms with E-state index >= 15 is 0 Å². The van der Waals surface area contributed by atoms with Gasteiger partial charge in [0.2, 0.25) is 0 Å². The van der Waals surface area contributed by atoms with Crippen LogP contribution in [0.5, 0.6) is 0 Å². The minimum Gasteiger partial charge on any atom is -0.481 e. The minimum atomic E-state index is -0.821. The van der Waals surface area contributed by atoms with E-state index in [4.69, 9.17) is 5.11 Å². The van der Waals surface area contributed by atoms with Crippen molar-refractivity contribution in [1.29, 1.82) is 0 Å². The van der Waals surface area contributed by atoms with E-state index in [1.807, 2.05) is 0 Å². The number of hydrogen-bond donors (Lipinski definition) is 3. The van der Waals surface area contributed by atoms with Crippen molar-refractivity contribution in [1.82, 2.24) is 20.2 Å². The molecule has 6 heteroatoms. The highest BCUT2D eigenvalue weighted by Gasteiger charge is 2.05. The number of nitrogens with zero attached hydrogens (tertiary/aromatic N) is 2. The number of aryl methyl sites for hydroxylation is 1. The van der Waals surface area contributed by atoms with Crippen LogP contribution in [0.3, 0.4) is 0 Å². The summed E-state index contributed by atoms with van der Waals surface area (Å²) in [6.07, 6.45) is 2.12. The second-order valence-corrected chi connectivity index (χ2v) is 2.71. The molecule has 0 aliphatic rings. The number of imidazole rings is 1. The second-order valence-electron chi connectivity index (χ2n) is 2.71. The summed E-state index contributed by atoms with van der Waals surface area (Å²) in [6.45, 7) is 0. The van der Waals surface area contributed by atoms with Gasteiger partial charge in [-0.2, -0.15) is 5.10 Å². The Kier molecular flexibility index (Phi) is 1.73. The number of carboxylic acids is 1. The van der Waals surface area contributed by atoms with Crippen molar-refractivity contribution in [3.63, 3.8) is 0 Å². The van der Waals surface area contributed by atoms with Crippen LogP contribution in [0.2, 0.25) is 0 Å². The molecule has 0 spiro atoms. The van der Waals surface area contributed by atoms with Crippen molar-refractivity contribution < 1.29 is 9.90 Å². The summed E-state index contributed by atoms with van der Waals surface area (Å²) in [5, 5.41) is 14.9. The molecule has 68 valence electrons. The predicted molar refractivity (Wildman–Crippen MR) is 44.2 cm³/mol. The Labute approximate surface area is 73.0 Å². The van der Waals surface area contributed by atoms with Crippen LogP contribution in [0.25, 0.3) is 11.2 Å². The Morgan fingerprint density at radius 2 is 2.46 bits per heavy atom. The summed E-state index contributed by atoms with van der Waals surface area (Å²) >= 11 is 0. The third-order valence-electron chi connectivity index (χ3n) is 1.72. The maximum absolute atomic E-state index is 10.3. The molecule has 0 aliphatic carbocycles. The molecule has 0 saturated carbocycles. The van der Waals surface area contributed by atoms with Gasteiger partial charge in [-0.25, -0.2) is 4.98 Å². The number of carbonyl (C=O) groups is 1. The van der Waals surface area contributed by atoms with Crippen LogP contribution in [0.1, 0.15) is 12.2 Å². The van der Waals surface area contributed by atoms with Crippen molar-refractivity contribution in [3.05, 3.63) is 12.0 Å². The molecule has 0 radical (unpaired) electrons. The average Bonchev–Trinajstić information content (AvgIpc) is 2.58. The Balaban J connectivity index is 2.15. The lowest BCUT2D eigenvalue weighted by Crippen LogP contribution is -1.98. The van der Waals surface area contributed by atoms with Crippen LogP contribution in [-0.2, 0) is 11.2 Å². The average molecular weight is 180 g/mol. The lowest BCUT2D eigenvalue weighted by Gasteiger charge is -1.90. The zero-order valence-electron chi connectivity index (χ0n) is 6.74. The predicted octanol–water partition coefficient (Wildman–Crippen LogP) is 0.303. The van der Waals surface area contributed by atoms with E-state index < -0.39 is 5.97 Å². The van der Waals surface area contributed by atoms with Gasteiger partial charge in [0.25, 0.3) is 0 Å². The van der Waals surface area contributed by atoms with E-state index in [1.165, 1.54) is 0 Å². The van der Waals surface area contributed by atoms with Crippen LogP contribution in [0.4, 0.5) is 0 Å². The molecule has 0 atom stereocenters. The molecule has 0 aliphatic heterocycles. The summed E-state index contributed by atoms with van der Waals surface area (Å²) in [4.78, 5) is 17.3. The van der Waals surface area contributed by atoms with Gasteiger partial charge in [0.15, 0.2) is 5.65 Å². The van der Waals surface area contributed by atoms with Crippen molar-refractivity contribution in [3.8, 4) is 0 Å². The SMILES string of the molecule is O=C(O)CCc1nc2[nH]ncc2[nH]1. The fraction of sp³-hybridized carbons (Fsp3) is 0.286. The number of nitrogens with one attached hydrogen (secondary N) is 2. The molecule has 0 unspecified atom stereocenters. The van der Waals surface area contributed by atoms with Gasteiger partial charge in [0.05, 0.1) is 12.6 Å². The number of aromatic amines is 2. The standard InChI is InChI=1S/C7H8N4O2/c12-6(13)2-1-5-9-4-3-8-11-7(4)10-5/h3H,1-2H2,(H,12,13)(H2,8,9,10,11). The number of aromatic nitrogens is 4. The molecule has 2 rings (SSSR count). The van der Waals surface area contributed by atoms with E-state index in [-0.39, 0.29) is 6.42 Å². The molecule has 0 fully saturated rings. The van der Waals surface area contributed by atoms with Crippen molar-refractivity contribution >= 4 is 17.1 Å². The smallest absolute Gasteiger partial charge is 0.303 e. The normalized spacial score (nSPS) is 10.8. The molecular weight excluding hydrogens is 172 g/mol. The van der Waals surface area contributed by atoms with Crippen molar-refractivity contribution in [2.45, 2.75) is 12.8 Å². The molecule has 0 amide bonds. The highest BCUT2D eigenvalue weighted by Crippen LogP contribution is 2.07. The van der Waals surface area contributed by atoms with Crippen LogP contribution >= 0.6 is 0 Å². The van der Waals surface area contributed by atoms with Crippen LogP contribution < -0.4 is 0 Å². The number of hydrogen-bond acceptors (Lipinski definition) is 3. The van der Waals surface area contributed by atoms with Crippen molar-refractivity contribution in [2.24, 2.45) is 0 Å². The molecule has 6 nitrogen and oxygen atoms in total. The summed E-state index contributed by atoms with van der Waals surface area (Å²) in [6, 6.07) is 0. The Hall–Kier alpha value is -1.85. The minimum absolute atomic E-state index is 0.0868. The topological polar surface area (TPSA) is 94.7 Å². The van der Waals surface area contributed by atoms with Gasteiger partial charge < -0.3 is 10.1 Å². The lowest BCUT2D eigenvalue weighted by atomic mass is 10.3. The highest BCUT2D eigenvalue weighted by molar-refractivity contribution is 5.70. The molecular formula is C7H8N4O2. The fourth-order valence-corrected chi connectivity index (χ4v) is 1.12. The Morgan fingerprint density at radius 3 is 3.15 bits per heavy atom. The van der Waals surface area contributed by atoms with Crippen LogP contribution in [-0.4, -0.2) is 31.2 Å². The van der Waals surface area contributed by atoms with E-state index in [0.717, 1.165) is 5.52 Å². The first-order chi connectivity index (χ1) is 6.25. The Morgan fingerprint density at radius 1 is 1.62 bits per heavy atom. The Bertz CT molecular complexity index is 402. The van der Waals surface area contributed by atoms with Gasteiger partial charge in [0, 0.05) is 6.42 Å². The second kappa shape index (κ2) is 2.89. The maximum Gasteiger partial charge on any atom is 0.303 e. The fourth-order valence-electron chi connectivity index (χ4n) is 1.12.